The topological polar surface area (TPSA) is 44.4 Å². The highest BCUT2D eigenvalue weighted by molar-refractivity contribution is 5.74. The maximum absolute atomic E-state index is 12.3. The van der Waals surface area contributed by atoms with Gasteiger partial charge in [0.25, 0.3) is 0 Å². The Morgan fingerprint density at radius 3 is 1.96 bits per heavy atom. The largest absolute Gasteiger partial charge is 0.334 e. The van der Waals surface area contributed by atoms with Crippen LogP contribution in [0.4, 0.5) is 4.79 Å². The van der Waals surface area contributed by atoms with Crippen molar-refractivity contribution in [1.29, 1.82) is 0 Å². The van der Waals surface area contributed by atoms with Crippen LogP contribution in [-0.2, 0) is 13.1 Å². The van der Waals surface area contributed by atoms with Gasteiger partial charge >= 0.3 is 6.03 Å². The highest BCUT2D eigenvalue weighted by atomic mass is 16.2. The van der Waals surface area contributed by atoms with Crippen molar-refractivity contribution >= 4 is 6.03 Å². The lowest BCUT2D eigenvalue weighted by Gasteiger charge is -2.23. The minimum Gasteiger partial charge on any atom is -0.334 e. The summed E-state index contributed by atoms with van der Waals surface area (Å²) in [5, 5.41) is 5.98. The van der Waals surface area contributed by atoms with E-state index >= 15 is 0 Å². The van der Waals surface area contributed by atoms with Crippen molar-refractivity contribution in [1.82, 2.24) is 15.5 Å². The zero-order valence-electron chi connectivity index (χ0n) is 14.3. The molecule has 0 spiro atoms. The second-order valence-corrected chi connectivity index (χ2v) is 4.84. The first-order valence-electron chi connectivity index (χ1n) is 8.05. The molecule has 0 fully saturated rings. The van der Waals surface area contributed by atoms with Gasteiger partial charge in [0, 0.05) is 13.1 Å². The average molecular weight is 313 g/mol. The van der Waals surface area contributed by atoms with E-state index in [0.717, 1.165) is 11.1 Å². The van der Waals surface area contributed by atoms with E-state index in [1.54, 1.807) is 4.90 Å². The average Bonchev–Trinajstić information content (AvgIpc) is 2.63. The van der Waals surface area contributed by atoms with E-state index in [2.05, 4.69) is 10.6 Å². The van der Waals surface area contributed by atoms with E-state index in [-0.39, 0.29) is 6.03 Å². The van der Waals surface area contributed by atoms with E-state index in [4.69, 9.17) is 0 Å². The van der Waals surface area contributed by atoms with Gasteiger partial charge in [0.05, 0.1) is 6.67 Å². The fourth-order valence-electron chi connectivity index (χ4n) is 2.08. The molecule has 2 aromatic carbocycles. The third-order valence-corrected chi connectivity index (χ3v) is 3.14. The highest BCUT2D eigenvalue weighted by Gasteiger charge is 2.12. The molecule has 2 N–H and O–H groups in total. The molecule has 0 unspecified atom stereocenters. The number of nitrogens with one attached hydrogen (secondary N) is 2. The van der Waals surface area contributed by atoms with Crippen LogP contribution in [0.1, 0.15) is 25.0 Å². The highest BCUT2D eigenvalue weighted by Crippen LogP contribution is 2.04. The van der Waals surface area contributed by atoms with Crippen molar-refractivity contribution < 1.29 is 4.79 Å². The van der Waals surface area contributed by atoms with Crippen LogP contribution < -0.4 is 10.6 Å². The maximum Gasteiger partial charge on any atom is 0.319 e. The van der Waals surface area contributed by atoms with Crippen LogP contribution in [0.2, 0.25) is 0 Å². The lowest BCUT2D eigenvalue weighted by Crippen LogP contribution is -2.43. The summed E-state index contributed by atoms with van der Waals surface area (Å²) in [6.45, 7) is 5.63. The predicted molar refractivity (Wildman–Crippen MR) is 95.9 cm³/mol. The Morgan fingerprint density at radius 1 is 0.913 bits per heavy atom. The van der Waals surface area contributed by atoms with Crippen molar-refractivity contribution in [3.63, 3.8) is 0 Å². The molecule has 23 heavy (non-hydrogen) atoms. The number of nitrogens with zero attached hydrogens (tertiary/aromatic N) is 1. The molecule has 0 aliphatic rings. The molecular formula is C19H27N3O. The summed E-state index contributed by atoms with van der Waals surface area (Å²) in [7, 11) is 1.84. The van der Waals surface area contributed by atoms with Crippen LogP contribution in [0.3, 0.4) is 0 Å². The molecule has 0 aromatic heterocycles. The molecule has 0 aliphatic heterocycles. The van der Waals surface area contributed by atoms with E-state index in [0.29, 0.717) is 19.8 Å². The summed E-state index contributed by atoms with van der Waals surface area (Å²) < 4.78 is 0. The third kappa shape index (κ3) is 6.98. The zero-order valence-corrected chi connectivity index (χ0v) is 14.3. The molecule has 0 bridgehead atoms. The summed E-state index contributed by atoms with van der Waals surface area (Å²) in [5.74, 6) is 0. The van der Waals surface area contributed by atoms with Crippen molar-refractivity contribution in [2.45, 2.75) is 26.9 Å². The van der Waals surface area contributed by atoms with Crippen LogP contribution in [-0.4, -0.2) is 24.6 Å². The first-order valence-corrected chi connectivity index (χ1v) is 8.05. The smallest absolute Gasteiger partial charge is 0.319 e. The Labute approximate surface area is 139 Å². The van der Waals surface area contributed by atoms with Gasteiger partial charge in [-0.2, -0.15) is 0 Å². The van der Waals surface area contributed by atoms with Gasteiger partial charge in [-0.15, -0.1) is 0 Å². The number of carbonyl (C=O) groups excluding carboxylic acids is 1. The van der Waals surface area contributed by atoms with Gasteiger partial charge in [-0.05, 0) is 18.2 Å². The van der Waals surface area contributed by atoms with Crippen molar-refractivity contribution in [2.24, 2.45) is 0 Å². The zero-order chi connectivity index (χ0) is 16.9. The van der Waals surface area contributed by atoms with Gasteiger partial charge in [-0.25, -0.2) is 4.79 Å². The molecule has 0 saturated heterocycles. The Hall–Kier alpha value is -2.33. The van der Waals surface area contributed by atoms with Crippen LogP contribution in [0.25, 0.3) is 0 Å². The lowest BCUT2D eigenvalue weighted by atomic mass is 10.2. The van der Waals surface area contributed by atoms with Crippen molar-refractivity contribution in [3.05, 3.63) is 71.8 Å². The second-order valence-electron chi connectivity index (χ2n) is 4.84. The van der Waals surface area contributed by atoms with E-state index in [1.807, 2.05) is 81.6 Å². The number of hydrogen-bond acceptors (Lipinski definition) is 2. The number of carbonyl (C=O) groups is 1. The minimum atomic E-state index is -0.0722. The number of urea groups is 1. The van der Waals surface area contributed by atoms with E-state index < -0.39 is 0 Å². The molecule has 0 saturated carbocycles. The minimum absolute atomic E-state index is 0.0722. The SMILES string of the molecule is CC.CNCN(Cc1ccccc1)C(=O)NCc1ccccc1. The molecule has 0 radical (unpaired) electrons. The Bertz CT molecular complexity index is 543. The fraction of sp³-hybridized carbons (Fsp3) is 0.316. The monoisotopic (exact) mass is 313 g/mol. The molecule has 2 aromatic rings. The fourth-order valence-corrected chi connectivity index (χ4v) is 2.08. The standard InChI is InChI=1S/C17H21N3O.C2H6/c1-18-14-20(13-16-10-6-3-7-11-16)17(21)19-12-15-8-4-2-5-9-15;1-2/h2-11,18H,12-14H2,1H3,(H,19,21);1-2H3. The molecule has 2 rings (SSSR count). The number of rotatable bonds is 6. The van der Waals surface area contributed by atoms with Gasteiger partial charge in [-0.3, -0.25) is 0 Å². The number of hydrogen-bond donors (Lipinski definition) is 2. The van der Waals surface area contributed by atoms with Crippen LogP contribution in [0, 0.1) is 0 Å². The first-order chi connectivity index (χ1) is 11.3. The van der Waals surface area contributed by atoms with Crippen LogP contribution in [0.5, 0.6) is 0 Å². The van der Waals surface area contributed by atoms with Gasteiger partial charge in [0.2, 0.25) is 0 Å². The Balaban J connectivity index is 0.00000127. The molecule has 4 nitrogen and oxygen atoms in total. The normalized spacial score (nSPS) is 9.52. The summed E-state index contributed by atoms with van der Waals surface area (Å²) in [5.41, 5.74) is 2.21. The molecular weight excluding hydrogens is 286 g/mol. The summed E-state index contributed by atoms with van der Waals surface area (Å²) >= 11 is 0. The van der Waals surface area contributed by atoms with E-state index in [1.165, 1.54) is 0 Å². The quantitative estimate of drug-likeness (QED) is 0.800. The molecule has 4 heteroatoms. The Morgan fingerprint density at radius 2 is 1.43 bits per heavy atom. The van der Waals surface area contributed by atoms with Crippen molar-refractivity contribution in [2.75, 3.05) is 13.7 Å². The first kappa shape index (κ1) is 18.7. The molecule has 0 aliphatic carbocycles. The summed E-state index contributed by atoms with van der Waals surface area (Å²) in [6.07, 6.45) is 0. The molecule has 0 heterocycles. The Kier molecular flexibility index (Phi) is 9.17. The van der Waals surface area contributed by atoms with Gasteiger partial charge in [0.1, 0.15) is 0 Å². The predicted octanol–water partition coefficient (Wildman–Crippen LogP) is 3.60. The molecule has 2 amide bonds. The summed E-state index contributed by atoms with van der Waals surface area (Å²) in [6, 6.07) is 19.8. The van der Waals surface area contributed by atoms with E-state index in [9.17, 15) is 4.79 Å². The lowest BCUT2D eigenvalue weighted by molar-refractivity contribution is 0.191. The number of amides is 2. The third-order valence-electron chi connectivity index (χ3n) is 3.14. The van der Waals surface area contributed by atoms with Crippen molar-refractivity contribution in [3.8, 4) is 0 Å². The second kappa shape index (κ2) is 11.3. The molecule has 124 valence electrons. The number of benzene rings is 2. The van der Waals surface area contributed by atoms with Gasteiger partial charge < -0.3 is 15.5 Å². The van der Waals surface area contributed by atoms with Crippen LogP contribution in [0.15, 0.2) is 60.7 Å². The van der Waals surface area contributed by atoms with Gasteiger partial charge in [-0.1, -0.05) is 74.5 Å². The van der Waals surface area contributed by atoms with Crippen LogP contribution >= 0.6 is 0 Å². The van der Waals surface area contributed by atoms with Gasteiger partial charge in [0.15, 0.2) is 0 Å². The summed E-state index contributed by atoms with van der Waals surface area (Å²) in [4.78, 5) is 14.0. The maximum atomic E-state index is 12.3. The molecule has 0 atom stereocenters.